The standard InChI is InChI=1S/C25H28N8O/c1-17-23(34-16-18-7-3-4-8-18)11-10-21(29-17)24-22(33(2)32-31-24)15-28-25-27-14-12-20(30-25)19-9-5-6-13-26-19/h5-6,9-14,18H,3-4,7-8,15-16H2,1-2H3,(H,27,28,30). The average molecular weight is 457 g/mol. The molecule has 0 spiro atoms. The van der Waals surface area contributed by atoms with E-state index < -0.39 is 0 Å². The summed E-state index contributed by atoms with van der Waals surface area (Å²) in [5, 5.41) is 11.9. The van der Waals surface area contributed by atoms with Crippen molar-refractivity contribution in [2.45, 2.75) is 39.2 Å². The van der Waals surface area contributed by atoms with Gasteiger partial charge in [0.2, 0.25) is 5.95 Å². The van der Waals surface area contributed by atoms with Crippen LogP contribution in [0, 0.1) is 12.8 Å². The molecular weight excluding hydrogens is 428 g/mol. The number of aromatic nitrogens is 7. The molecule has 0 aromatic carbocycles. The van der Waals surface area contributed by atoms with Crippen molar-refractivity contribution in [1.29, 1.82) is 0 Å². The smallest absolute Gasteiger partial charge is 0.223 e. The fourth-order valence-corrected chi connectivity index (χ4v) is 4.25. The summed E-state index contributed by atoms with van der Waals surface area (Å²) in [6, 6.07) is 11.5. The topological polar surface area (TPSA) is 104 Å². The Morgan fingerprint density at radius 2 is 1.85 bits per heavy atom. The molecule has 1 aliphatic rings. The van der Waals surface area contributed by atoms with E-state index >= 15 is 0 Å². The van der Waals surface area contributed by atoms with E-state index in [1.807, 2.05) is 50.4 Å². The highest BCUT2D eigenvalue weighted by atomic mass is 16.5. The van der Waals surface area contributed by atoms with E-state index in [-0.39, 0.29) is 0 Å². The van der Waals surface area contributed by atoms with Crippen LogP contribution in [0.2, 0.25) is 0 Å². The molecule has 4 aromatic heterocycles. The molecule has 1 N–H and O–H groups in total. The Labute approximate surface area is 198 Å². The van der Waals surface area contributed by atoms with E-state index in [0.29, 0.717) is 18.4 Å². The van der Waals surface area contributed by atoms with Gasteiger partial charge in [-0.25, -0.2) is 19.6 Å². The van der Waals surface area contributed by atoms with Gasteiger partial charge < -0.3 is 10.1 Å². The maximum absolute atomic E-state index is 6.06. The number of nitrogens with one attached hydrogen (secondary N) is 1. The Kier molecular flexibility index (Phi) is 6.42. The van der Waals surface area contributed by atoms with Crippen molar-refractivity contribution in [2.24, 2.45) is 13.0 Å². The SMILES string of the molecule is Cc1nc(-c2nnn(C)c2CNc2nccc(-c3ccccn3)n2)ccc1OCC1CCCC1. The molecule has 1 aliphatic carbocycles. The molecule has 9 nitrogen and oxygen atoms in total. The number of ether oxygens (including phenoxy) is 1. The van der Waals surface area contributed by atoms with Gasteiger partial charge in [0, 0.05) is 19.4 Å². The van der Waals surface area contributed by atoms with Crippen LogP contribution >= 0.6 is 0 Å². The van der Waals surface area contributed by atoms with Crippen molar-refractivity contribution >= 4 is 5.95 Å². The van der Waals surface area contributed by atoms with Crippen molar-refractivity contribution in [3.8, 4) is 28.5 Å². The van der Waals surface area contributed by atoms with Gasteiger partial charge in [-0.1, -0.05) is 24.1 Å². The van der Waals surface area contributed by atoms with Gasteiger partial charge >= 0.3 is 0 Å². The summed E-state index contributed by atoms with van der Waals surface area (Å²) in [6.45, 7) is 3.18. The van der Waals surface area contributed by atoms with Crippen LogP contribution in [0.5, 0.6) is 5.75 Å². The lowest BCUT2D eigenvalue weighted by Crippen LogP contribution is -2.10. The zero-order valence-corrected chi connectivity index (χ0v) is 19.5. The van der Waals surface area contributed by atoms with E-state index in [2.05, 4.69) is 30.6 Å². The maximum Gasteiger partial charge on any atom is 0.223 e. The normalized spacial score (nSPS) is 13.8. The second-order valence-electron chi connectivity index (χ2n) is 8.58. The van der Waals surface area contributed by atoms with Crippen molar-refractivity contribution < 1.29 is 4.74 Å². The first-order valence-electron chi connectivity index (χ1n) is 11.6. The number of hydrogen-bond donors (Lipinski definition) is 1. The molecule has 174 valence electrons. The summed E-state index contributed by atoms with van der Waals surface area (Å²) in [7, 11) is 1.87. The Morgan fingerprint density at radius 3 is 2.65 bits per heavy atom. The van der Waals surface area contributed by atoms with Crippen LogP contribution in [0.4, 0.5) is 5.95 Å². The molecule has 0 unspecified atom stereocenters. The fourth-order valence-electron chi connectivity index (χ4n) is 4.25. The van der Waals surface area contributed by atoms with Crippen LogP contribution in [0.3, 0.4) is 0 Å². The fraction of sp³-hybridized carbons (Fsp3) is 0.360. The van der Waals surface area contributed by atoms with Crippen LogP contribution < -0.4 is 10.1 Å². The third-order valence-corrected chi connectivity index (χ3v) is 6.17. The van der Waals surface area contributed by atoms with E-state index in [0.717, 1.165) is 46.5 Å². The number of pyridine rings is 2. The Bertz CT molecular complexity index is 1250. The van der Waals surface area contributed by atoms with E-state index in [1.165, 1.54) is 25.7 Å². The molecule has 0 amide bonds. The van der Waals surface area contributed by atoms with Gasteiger partial charge in [0.25, 0.3) is 0 Å². The van der Waals surface area contributed by atoms with Gasteiger partial charge in [0.05, 0.1) is 41.6 Å². The Morgan fingerprint density at radius 1 is 0.971 bits per heavy atom. The highest BCUT2D eigenvalue weighted by Gasteiger charge is 2.18. The summed E-state index contributed by atoms with van der Waals surface area (Å²) in [6.07, 6.45) is 8.61. The van der Waals surface area contributed by atoms with Gasteiger partial charge in [0.15, 0.2) is 0 Å². The van der Waals surface area contributed by atoms with Crippen molar-refractivity contribution in [3.63, 3.8) is 0 Å². The first-order chi connectivity index (χ1) is 16.7. The predicted octanol–water partition coefficient (Wildman–Crippen LogP) is 4.22. The highest BCUT2D eigenvalue weighted by Crippen LogP contribution is 2.28. The summed E-state index contributed by atoms with van der Waals surface area (Å²) < 4.78 is 7.80. The molecular formula is C25H28N8O. The van der Waals surface area contributed by atoms with E-state index in [9.17, 15) is 0 Å². The number of hydrogen-bond acceptors (Lipinski definition) is 8. The molecule has 1 fully saturated rings. The number of aryl methyl sites for hydroxylation is 2. The van der Waals surface area contributed by atoms with Crippen molar-refractivity contribution in [2.75, 3.05) is 11.9 Å². The van der Waals surface area contributed by atoms with Crippen LogP contribution in [-0.2, 0) is 13.6 Å². The van der Waals surface area contributed by atoms with Gasteiger partial charge in [-0.3, -0.25) is 4.98 Å². The molecule has 4 heterocycles. The molecule has 1 saturated carbocycles. The first-order valence-corrected chi connectivity index (χ1v) is 11.6. The highest BCUT2D eigenvalue weighted by molar-refractivity contribution is 5.59. The number of rotatable bonds is 8. The third kappa shape index (κ3) is 4.88. The van der Waals surface area contributed by atoms with E-state index in [1.54, 1.807) is 17.1 Å². The molecule has 5 rings (SSSR count). The maximum atomic E-state index is 6.06. The van der Waals surface area contributed by atoms with Crippen LogP contribution in [0.15, 0.2) is 48.8 Å². The minimum Gasteiger partial charge on any atom is -0.491 e. The van der Waals surface area contributed by atoms with Crippen LogP contribution in [0.25, 0.3) is 22.8 Å². The largest absolute Gasteiger partial charge is 0.491 e. The molecule has 9 heteroatoms. The second kappa shape index (κ2) is 9.94. The van der Waals surface area contributed by atoms with Gasteiger partial charge in [0.1, 0.15) is 11.4 Å². The lowest BCUT2D eigenvalue weighted by molar-refractivity contribution is 0.250. The molecule has 0 saturated heterocycles. The summed E-state index contributed by atoms with van der Waals surface area (Å²) in [4.78, 5) is 18.1. The lowest BCUT2D eigenvalue weighted by Gasteiger charge is -2.13. The Hall–Kier alpha value is -3.88. The quantitative estimate of drug-likeness (QED) is 0.420. The van der Waals surface area contributed by atoms with Crippen molar-refractivity contribution in [3.05, 3.63) is 60.2 Å². The minimum absolute atomic E-state index is 0.450. The summed E-state index contributed by atoms with van der Waals surface area (Å²) >= 11 is 0. The molecule has 0 aliphatic heterocycles. The predicted molar refractivity (Wildman–Crippen MR) is 129 cm³/mol. The monoisotopic (exact) mass is 456 g/mol. The molecule has 0 bridgehead atoms. The number of anilines is 1. The lowest BCUT2D eigenvalue weighted by atomic mass is 10.1. The molecule has 4 aromatic rings. The molecule has 34 heavy (non-hydrogen) atoms. The zero-order chi connectivity index (χ0) is 23.3. The van der Waals surface area contributed by atoms with Gasteiger partial charge in [-0.05, 0) is 56.0 Å². The van der Waals surface area contributed by atoms with Crippen LogP contribution in [-0.4, -0.2) is 41.5 Å². The molecule has 0 atom stereocenters. The van der Waals surface area contributed by atoms with Crippen molar-refractivity contribution in [1.82, 2.24) is 34.9 Å². The third-order valence-electron chi connectivity index (χ3n) is 6.17. The average Bonchev–Trinajstić information content (AvgIpc) is 3.52. The summed E-state index contributed by atoms with van der Waals surface area (Å²) in [5.41, 5.74) is 4.78. The van der Waals surface area contributed by atoms with Gasteiger partial charge in [-0.2, -0.15) is 0 Å². The Balaban J connectivity index is 1.30. The zero-order valence-electron chi connectivity index (χ0n) is 19.5. The second-order valence-corrected chi connectivity index (χ2v) is 8.58. The minimum atomic E-state index is 0.450. The van der Waals surface area contributed by atoms with Gasteiger partial charge in [-0.15, -0.1) is 5.10 Å². The first kappa shape index (κ1) is 21.9. The molecule has 0 radical (unpaired) electrons. The number of nitrogens with zero attached hydrogens (tertiary/aromatic N) is 7. The van der Waals surface area contributed by atoms with E-state index in [4.69, 9.17) is 9.72 Å². The van der Waals surface area contributed by atoms with Crippen LogP contribution in [0.1, 0.15) is 37.1 Å². The summed E-state index contributed by atoms with van der Waals surface area (Å²) in [5.74, 6) is 2.00.